The Morgan fingerprint density at radius 2 is 1.76 bits per heavy atom. The lowest BCUT2D eigenvalue weighted by Gasteiger charge is -2.34. The Hall–Kier alpha value is -1.64. The zero-order valence-electron chi connectivity index (χ0n) is 13.7. The van der Waals surface area contributed by atoms with Crippen LogP contribution in [0.3, 0.4) is 0 Å². The Bertz CT molecular complexity index is 771. The van der Waals surface area contributed by atoms with E-state index >= 15 is 0 Å². The third kappa shape index (κ3) is 4.13. The Balaban J connectivity index is 1.53. The van der Waals surface area contributed by atoms with E-state index in [0.717, 1.165) is 13.1 Å². The molecule has 0 bridgehead atoms. The monoisotopic (exact) mass is 385 g/mol. The lowest BCUT2D eigenvalue weighted by atomic mass is 10.3. The summed E-state index contributed by atoms with van der Waals surface area (Å²) in [5.74, 6) is -0.279. The molecule has 1 aromatic rings. The van der Waals surface area contributed by atoms with E-state index in [0.29, 0.717) is 19.1 Å². The Labute approximate surface area is 151 Å². The highest BCUT2D eigenvalue weighted by molar-refractivity contribution is 8.06. The molecule has 9 heteroatoms. The van der Waals surface area contributed by atoms with Crippen LogP contribution in [-0.4, -0.2) is 68.1 Å². The third-order valence-corrected chi connectivity index (χ3v) is 6.49. The van der Waals surface area contributed by atoms with Crippen molar-refractivity contribution in [2.24, 2.45) is 0 Å². The van der Waals surface area contributed by atoms with Crippen LogP contribution in [0.4, 0.5) is 4.79 Å². The first kappa shape index (κ1) is 18.2. The molecule has 0 unspecified atom stereocenters. The van der Waals surface area contributed by atoms with E-state index in [1.54, 1.807) is 11.0 Å². The molecule has 3 rings (SSSR count). The zero-order valence-corrected chi connectivity index (χ0v) is 15.2. The van der Waals surface area contributed by atoms with Crippen molar-refractivity contribution in [2.75, 3.05) is 32.7 Å². The summed E-state index contributed by atoms with van der Waals surface area (Å²) in [6.45, 7) is 2.50. The summed E-state index contributed by atoms with van der Waals surface area (Å²) in [5, 5.41) is 0.957. The number of hydrogen-bond acceptors (Lipinski definition) is 5. The van der Waals surface area contributed by atoms with Gasteiger partial charge in [0.15, 0.2) is 0 Å². The molecule has 1 aliphatic carbocycles. The van der Waals surface area contributed by atoms with Crippen molar-refractivity contribution >= 4 is 32.6 Å². The van der Waals surface area contributed by atoms with Gasteiger partial charge in [-0.15, -0.1) is 0 Å². The fourth-order valence-electron chi connectivity index (χ4n) is 2.89. The topological polar surface area (TPSA) is 86.8 Å². The van der Waals surface area contributed by atoms with Crippen LogP contribution >= 0.6 is 11.6 Å². The zero-order chi connectivity index (χ0) is 18.0. The van der Waals surface area contributed by atoms with Gasteiger partial charge in [0.1, 0.15) is 0 Å². The van der Waals surface area contributed by atoms with Crippen LogP contribution in [0.2, 0.25) is 5.02 Å². The molecule has 0 spiro atoms. The molecule has 25 heavy (non-hydrogen) atoms. The highest BCUT2D eigenvalue weighted by atomic mass is 35.5. The number of piperazine rings is 1. The second-order valence-corrected chi connectivity index (χ2v) is 8.45. The van der Waals surface area contributed by atoms with E-state index in [1.807, 2.05) is 0 Å². The maximum atomic E-state index is 12.2. The number of carbonyl (C=O) groups is 2. The van der Waals surface area contributed by atoms with E-state index in [9.17, 15) is 18.0 Å². The Kier molecular flexibility index (Phi) is 5.31. The van der Waals surface area contributed by atoms with Crippen molar-refractivity contribution in [3.8, 4) is 0 Å². The molecule has 0 aromatic heterocycles. The Morgan fingerprint density at radius 3 is 2.36 bits per heavy atom. The molecule has 0 atom stereocenters. The minimum atomic E-state index is -4.27. The van der Waals surface area contributed by atoms with Gasteiger partial charge in [-0.05, 0) is 25.0 Å². The van der Waals surface area contributed by atoms with Crippen molar-refractivity contribution in [3.63, 3.8) is 0 Å². The largest absolute Gasteiger partial charge is 0.341 e. The third-order valence-electron chi connectivity index (χ3n) is 4.48. The number of amides is 2. The molecule has 2 amide bonds. The van der Waals surface area contributed by atoms with Crippen LogP contribution in [0.25, 0.3) is 0 Å². The summed E-state index contributed by atoms with van der Waals surface area (Å²) in [7, 11) is -4.27. The van der Waals surface area contributed by atoms with Crippen molar-refractivity contribution in [1.82, 2.24) is 15.1 Å². The minimum Gasteiger partial charge on any atom is -0.339 e. The van der Waals surface area contributed by atoms with Gasteiger partial charge in [0.05, 0.1) is 16.5 Å². The summed E-state index contributed by atoms with van der Waals surface area (Å²) in [6, 6.07) is 6.38. The normalized spacial score (nSPS) is 18.8. The number of benzene rings is 1. The first-order valence-corrected chi connectivity index (χ1v) is 10.0. The van der Waals surface area contributed by atoms with Gasteiger partial charge in [0.25, 0.3) is 9.84 Å². The van der Waals surface area contributed by atoms with E-state index in [2.05, 4.69) is 10.2 Å². The first-order chi connectivity index (χ1) is 11.9. The summed E-state index contributed by atoms with van der Waals surface area (Å²) in [6.07, 6.45) is 2.45. The number of hydrogen-bond donors (Lipinski definition) is 1. The molecular weight excluding hydrogens is 366 g/mol. The van der Waals surface area contributed by atoms with Crippen LogP contribution in [0.1, 0.15) is 12.8 Å². The number of halogens is 1. The van der Waals surface area contributed by atoms with E-state index < -0.39 is 15.1 Å². The first-order valence-electron chi connectivity index (χ1n) is 8.19. The van der Waals surface area contributed by atoms with Crippen molar-refractivity contribution in [3.05, 3.63) is 29.3 Å². The standard InChI is InChI=1S/C16H20ClN3O4S/c17-13-3-1-2-4-14(13)25(23,24)16(22)18-11-15(21)20-9-7-19(8-10-20)12-5-6-12/h1-4,12H,5-11H2,(H,18,22). The lowest BCUT2D eigenvalue weighted by molar-refractivity contribution is -0.131. The number of rotatable bonds is 4. The molecule has 1 aromatic carbocycles. The lowest BCUT2D eigenvalue weighted by Crippen LogP contribution is -2.51. The summed E-state index contributed by atoms with van der Waals surface area (Å²) >= 11 is 5.84. The van der Waals surface area contributed by atoms with Crippen molar-refractivity contribution < 1.29 is 18.0 Å². The number of nitrogens with zero attached hydrogens (tertiary/aromatic N) is 2. The Morgan fingerprint density at radius 1 is 1.12 bits per heavy atom. The SMILES string of the molecule is O=C(CNC(=O)S(=O)(=O)c1ccccc1Cl)N1CCN(C2CC2)CC1. The molecule has 2 aliphatic rings. The maximum Gasteiger partial charge on any atom is 0.341 e. The van der Waals surface area contributed by atoms with Crippen molar-refractivity contribution in [1.29, 1.82) is 0 Å². The van der Waals surface area contributed by atoms with Crippen LogP contribution in [0.5, 0.6) is 0 Å². The van der Waals surface area contributed by atoms with E-state index in [1.165, 1.54) is 31.0 Å². The second kappa shape index (κ2) is 7.31. The molecule has 136 valence electrons. The van der Waals surface area contributed by atoms with E-state index in [4.69, 9.17) is 11.6 Å². The molecule has 7 nitrogen and oxygen atoms in total. The van der Waals surface area contributed by atoms with Crippen LogP contribution in [-0.2, 0) is 14.6 Å². The average molecular weight is 386 g/mol. The molecule has 1 aliphatic heterocycles. The molecule has 1 heterocycles. The number of carbonyl (C=O) groups excluding carboxylic acids is 2. The van der Waals surface area contributed by atoms with Gasteiger partial charge < -0.3 is 10.2 Å². The van der Waals surface area contributed by atoms with Crippen LogP contribution < -0.4 is 5.32 Å². The predicted octanol–water partition coefficient (Wildman–Crippen LogP) is 1.13. The fourth-order valence-corrected chi connectivity index (χ4v) is 4.38. The average Bonchev–Trinajstić information content (AvgIpc) is 3.44. The van der Waals surface area contributed by atoms with E-state index in [-0.39, 0.29) is 22.4 Å². The number of sulfone groups is 1. The molecule has 2 fully saturated rings. The molecule has 1 saturated heterocycles. The summed E-state index contributed by atoms with van der Waals surface area (Å²) in [5.41, 5.74) is 0. The molecule has 1 saturated carbocycles. The highest BCUT2D eigenvalue weighted by Crippen LogP contribution is 2.27. The summed E-state index contributed by atoms with van der Waals surface area (Å²) < 4.78 is 24.5. The van der Waals surface area contributed by atoms with Gasteiger partial charge in [0, 0.05) is 32.2 Å². The fraction of sp³-hybridized carbons (Fsp3) is 0.500. The van der Waals surface area contributed by atoms with Gasteiger partial charge in [-0.1, -0.05) is 23.7 Å². The highest BCUT2D eigenvalue weighted by Gasteiger charge is 2.33. The van der Waals surface area contributed by atoms with Gasteiger partial charge in [-0.3, -0.25) is 14.5 Å². The van der Waals surface area contributed by atoms with Gasteiger partial charge in [-0.2, -0.15) is 0 Å². The molecular formula is C16H20ClN3O4S. The van der Waals surface area contributed by atoms with Crippen LogP contribution in [0.15, 0.2) is 29.2 Å². The smallest absolute Gasteiger partial charge is 0.339 e. The molecule has 1 N–H and O–H groups in total. The number of nitrogens with one attached hydrogen (secondary N) is 1. The van der Waals surface area contributed by atoms with Gasteiger partial charge in [-0.25, -0.2) is 8.42 Å². The van der Waals surface area contributed by atoms with Gasteiger partial charge in [0.2, 0.25) is 5.91 Å². The quantitative estimate of drug-likeness (QED) is 0.839. The predicted molar refractivity (Wildman–Crippen MR) is 93.2 cm³/mol. The van der Waals surface area contributed by atoms with Crippen molar-refractivity contribution in [2.45, 2.75) is 23.8 Å². The summed E-state index contributed by atoms with van der Waals surface area (Å²) in [4.78, 5) is 28.0. The van der Waals surface area contributed by atoms with Gasteiger partial charge >= 0.3 is 5.24 Å². The second-order valence-electron chi connectivity index (χ2n) is 6.22. The maximum absolute atomic E-state index is 12.2. The van der Waals surface area contributed by atoms with Crippen LogP contribution in [0, 0.1) is 0 Å². The molecule has 0 radical (unpaired) electrons. The minimum absolute atomic E-state index is 0.0276.